The zero-order chi connectivity index (χ0) is 19.1. The molecule has 0 saturated carbocycles. The van der Waals surface area contributed by atoms with E-state index in [2.05, 4.69) is 0 Å². The summed E-state index contributed by atoms with van der Waals surface area (Å²) in [4.78, 5) is 13.7. The molecule has 1 fully saturated rings. The number of amides is 1. The Bertz CT molecular complexity index is 839. The quantitative estimate of drug-likeness (QED) is 0.680. The molecule has 2 aromatic carbocycles. The maximum atomic E-state index is 12.2. The van der Waals surface area contributed by atoms with Gasteiger partial charge in [-0.15, -0.1) is 0 Å². The number of ether oxygens (including phenoxy) is 1. The fourth-order valence-electron chi connectivity index (χ4n) is 2.97. The molecule has 3 rings (SSSR count). The van der Waals surface area contributed by atoms with E-state index in [1.807, 2.05) is 36.4 Å². The van der Waals surface area contributed by atoms with Crippen LogP contribution in [0, 0.1) is 5.92 Å². The van der Waals surface area contributed by atoms with Gasteiger partial charge in [0.2, 0.25) is 0 Å². The van der Waals surface area contributed by atoms with Gasteiger partial charge in [0, 0.05) is 19.0 Å². The van der Waals surface area contributed by atoms with Crippen LogP contribution in [-0.4, -0.2) is 39.1 Å². The third-order valence-corrected chi connectivity index (χ3v) is 5.60. The van der Waals surface area contributed by atoms with Gasteiger partial charge in [-0.05, 0) is 17.5 Å². The van der Waals surface area contributed by atoms with E-state index in [9.17, 15) is 13.2 Å². The van der Waals surface area contributed by atoms with Crippen LogP contribution in [-0.2, 0) is 31.4 Å². The Balaban J connectivity index is 1.42. The lowest BCUT2D eigenvalue weighted by Gasteiger charge is -2.16. The summed E-state index contributed by atoms with van der Waals surface area (Å²) >= 11 is 0. The predicted octanol–water partition coefficient (Wildman–Crippen LogP) is 3.19. The van der Waals surface area contributed by atoms with Crippen molar-refractivity contribution in [1.29, 1.82) is 0 Å². The molecule has 0 bridgehead atoms. The molecule has 7 heteroatoms. The van der Waals surface area contributed by atoms with Crippen molar-refractivity contribution in [1.82, 2.24) is 4.90 Å². The second-order valence-electron chi connectivity index (χ2n) is 6.61. The van der Waals surface area contributed by atoms with Crippen LogP contribution in [0.4, 0.5) is 4.79 Å². The van der Waals surface area contributed by atoms with Gasteiger partial charge < -0.3 is 9.64 Å². The monoisotopic (exact) mass is 389 g/mol. The molecule has 1 aliphatic heterocycles. The van der Waals surface area contributed by atoms with Gasteiger partial charge in [-0.25, -0.2) is 4.79 Å². The molecule has 1 atom stereocenters. The van der Waals surface area contributed by atoms with Crippen molar-refractivity contribution in [2.24, 2.45) is 5.92 Å². The highest BCUT2D eigenvalue weighted by atomic mass is 32.2. The van der Waals surface area contributed by atoms with Gasteiger partial charge in [0.05, 0.1) is 6.61 Å². The zero-order valence-electron chi connectivity index (χ0n) is 15.0. The first-order chi connectivity index (χ1) is 13.0. The van der Waals surface area contributed by atoms with Crippen molar-refractivity contribution in [2.75, 3.05) is 19.7 Å². The molecule has 1 unspecified atom stereocenters. The fourth-order valence-corrected chi connectivity index (χ4v) is 4.05. The van der Waals surface area contributed by atoms with Crippen molar-refractivity contribution in [3.05, 3.63) is 71.8 Å². The van der Waals surface area contributed by atoms with E-state index in [1.54, 1.807) is 29.2 Å². The Morgan fingerprint density at radius 2 is 1.63 bits per heavy atom. The van der Waals surface area contributed by atoms with Crippen LogP contribution < -0.4 is 0 Å². The minimum atomic E-state index is -3.64. The first-order valence-electron chi connectivity index (χ1n) is 8.88. The smallest absolute Gasteiger partial charge is 0.410 e. The normalized spacial score (nSPS) is 17.0. The molecule has 0 aromatic heterocycles. The largest absolute Gasteiger partial charge is 0.445 e. The molecule has 144 valence electrons. The van der Waals surface area contributed by atoms with Crippen LogP contribution in [0.15, 0.2) is 60.7 Å². The lowest BCUT2D eigenvalue weighted by Crippen LogP contribution is -2.30. The molecule has 1 saturated heterocycles. The molecule has 1 heterocycles. The molecule has 6 nitrogen and oxygen atoms in total. The Hall–Kier alpha value is -2.38. The molecule has 0 N–H and O–H groups in total. The fraction of sp³-hybridized carbons (Fsp3) is 0.350. The summed E-state index contributed by atoms with van der Waals surface area (Å²) in [5.41, 5.74) is 1.62. The molecule has 27 heavy (non-hydrogen) atoms. The lowest BCUT2D eigenvalue weighted by molar-refractivity contribution is 0.102. The third-order valence-electron chi connectivity index (χ3n) is 4.42. The Labute approximate surface area is 159 Å². The van der Waals surface area contributed by atoms with Crippen molar-refractivity contribution < 1.29 is 22.1 Å². The van der Waals surface area contributed by atoms with Gasteiger partial charge in [-0.3, -0.25) is 4.18 Å². The minimum Gasteiger partial charge on any atom is -0.445 e. The summed E-state index contributed by atoms with van der Waals surface area (Å²) in [5, 5.41) is 0. The second kappa shape index (κ2) is 9.01. The summed E-state index contributed by atoms with van der Waals surface area (Å²) in [6.45, 7) is 1.29. The Kier molecular flexibility index (Phi) is 6.47. The van der Waals surface area contributed by atoms with Gasteiger partial charge in [0.1, 0.15) is 12.4 Å². The maximum Gasteiger partial charge on any atom is 0.410 e. The molecule has 0 spiro atoms. The van der Waals surface area contributed by atoms with E-state index in [1.165, 1.54) is 0 Å². The number of benzene rings is 2. The van der Waals surface area contributed by atoms with Crippen molar-refractivity contribution in [3.63, 3.8) is 0 Å². The van der Waals surface area contributed by atoms with E-state index >= 15 is 0 Å². The number of hydrogen-bond acceptors (Lipinski definition) is 5. The molecule has 1 aliphatic rings. The highest BCUT2D eigenvalue weighted by molar-refractivity contribution is 7.85. The molecule has 0 radical (unpaired) electrons. The maximum absolute atomic E-state index is 12.2. The standard InChI is InChI=1S/C20H23NO5S/c22-20(25-14-17-7-3-1-4-8-17)21-12-11-19(13-21)15-26-27(23,24)16-18-9-5-2-6-10-18/h1-10,19H,11-16H2. The summed E-state index contributed by atoms with van der Waals surface area (Å²) in [5.74, 6) is -0.163. The first kappa shape index (κ1) is 19.4. The number of likely N-dealkylation sites (tertiary alicyclic amines) is 1. The van der Waals surface area contributed by atoms with Crippen LogP contribution in [0.5, 0.6) is 0 Å². The second-order valence-corrected chi connectivity index (χ2v) is 8.25. The predicted molar refractivity (Wildman–Crippen MR) is 101 cm³/mol. The molecule has 2 aromatic rings. The van der Waals surface area contributed by atoms with Crippen LogP contribution >= 0.6 is 0 Å². The van der Waals surface area contributed by atoms with Crippen molar-refractivity contribution >= 4 is 16.2 Å². The van der Waals surface area contributed by atoms with E-state index in [0.29, 0.717) is 25.1 Å². The van der Waals surface area contributed by atoms with Gasteiger partial charge in [-0.1, -0.05) is 60.7 Å². The van der Waals surface area contributed by atoms with Crippen LogP contribution in [0.2, 0.25) is 0 Å². The van der Waals surface area contributed by atoms with Crippen LogP contribution in [0.1, 0.15) is 17.5 Å². The number of hydrogen-bond donors (Lipinski definition) is 0. The van der Waals surface area contributed by atoms with Crippen LogP contribution in [0.3, 0.4) is 0 Å². The van der Waals surface area contributed by atoms with E-state index < -0.39 is 10.1 Å². The number of nitrogens with zero attached hydrogens (tertiary/aromatic N) is 1. The number of carbonyl (C=O) groups excluding carboxylic acids is 1. The minimum absolute atomic E-state index is 0.0141. The topological polar surface area (TPSA) is 72.9 Å². The highest BCUT2D eigenvalue weighted by Gasteiger charge is 2.28. The number of rotatable bonds is 7. The summed E-state index contributed by atoms with van der Waals surface area (Å²) in [6, 6.07) is 18.4. The van der Waals surface area contributed by atoms with E-state index in [4.69, 9.17) is 8.92 Å². The Morgan fingerprint density at radius 1 is 1.00 bits per heavy atom. The average molecular weight is 389 g/mol. The summed E-state index contributed by atoms with van der Waals surface area (Å²) < 4.78 is 34.7. The summed E-state index contributed by atoms with van der Waals surface area (Å²) in [7, 11) is -3.64. The molecule has 0 aliphatic carbocycles. The van der Waals surface area contributed by atoms with Gasteiger partial charge in [0.15, 0.2) is 0 Å². The summed E-state index contributed by atoms with van der Waals surface area (Å²) in [6.07, 6.45) is 0.315. The highest BCUT2D eigenvalue weighted by Crippen LogP contribution is 2.19. The first-order valence-corrected chi connectivity index (χ1v) is 10.5. The SMILES string of the molecule is O=C(OCc1ccccc1)N1CCC(COS(=O)(=O)Cc2ccccc2)C1. The zero-order valence-corrected chi connectivity index (χ0v) is 15.8. The van der Waals surface area contributed by atoms with Gasteiger partial charge in [-0.2, -0.15) is 8.42 Å². The third kappa shape index (κ3) is 6.08. The van der Waals surface area contributed by atoms with E-state index in [-0.39, 0.29) is 31.0 Å². The van der Waals surface area contributed by atoms with Gasteiger partial charge in [0.25, 0.3) is 10.1 Å². The van der Waals surface area contributed by atoms with Crippen molar-refractivity contribution in [3.8, 4) is 0 Å². The molecular formula is C20H23NO5S. The average Bonchev–Trinajstić information content (AvgIpc) is 3.15. The van der Waals surface area contributed by atoms with Crippen LogP contribution in [0.25, 0.3) is 0 Å². The van der Waals surface area contributed by atoms with Gasteiger partial charge >= 0.3 is 6.09 Å². The molecule has 1 amide bonds. The molecular weight excluding hydrogens is 366 g/mol. The van der Waals surface area contributed by atoms with E-state index in [0.717, 1.165) is 5.56 Å². The number of carbonyl (C=O) groups is 1. The van der Waals surface area contributed by atoms with Crippen molar-refractivity contribution in [2.45, 2.75) is 18.8 Å². The Morgan fingerprint density at radius 3 is 2.30 bits per heavy atom. The lowest BCUT2D eigenvalue weighted by atomic mass is 10.1.